The van der Waals surface area contributed by atoms with Crippen molar-refractivity contribution >= 4 is 0 Å². The van der Waals surface area contributed by atoms with Gasteiger partial charge in [0.25, 0.3) is 0 Å². The highest BCUT2D eigenvalue weighted by molar-refractivity contribution is 5.21. The molecule has 1 N–H and O–H groups in total. The molecule has 0 aliphatic heterocycles. The van der Waals surface area contributed by atoms with E-state index in [-0.39, 0.29) is 0 Å². The fraction of sp³-hybridized carbons (Fsp3) is 0.500. The molecule has 0 radical (unpaired) electrons. The average molecular weight is 272 g/mol. The predicted molar refractivity (Wildman–Crippen MR) is 81.7 cm³/mol. The van der Waals surface area contributed by atoms with Crippen molar-refractivity contribution in [1.29, 1.82) is 0 Å². The Labute approximate surface area is 121 Å². The van der Waals surface area contributed by atoms with Crippen LogP contribution < -0.4 is 5.32 Å². The molecule has 1 heterocycles. The largest absolute Gasteiger partial charge is 0.316 e. The Morgan fingerprint density at radius 2 is 2.00 bits per heavy atom. The van der Waals surface area contributed by atoms with Crippen LogP contribution in [0.2, 0.25) is 0 Å². The molecule has 0 aliphatic rings. The summed E-state index contributed by atoms with van der Waals surface area (Å²) < 4.78 is 2.03. The normalized spacial score (nSPS) is 12.5. The van der Waals surface area contributed by atoms with Gasteiger partial charge in [0.05, 0.1) is 11.9 Å². The summed E-state index contributed by atoms with van der Waals surface area (Å²) in [5.41, 5.74) is 2.59. The van der Waals surface area contributed by atoms with E-state index in [0.717, 1.165) is 32.5 Å². The van der Waals surface area contributed by atoms with E-state index in [1.165, 1.54) is 11.3 Å². The van der Waals surface area contributed by atoms with Gasteiger partial charge in [0, 0.05) is 19.0 Å². The fourth-order valence-corrected chi connectivity index (χ4v) is 2.44. The number of rotatable bonds is 8. The van der Waals surface area contributed by atoms with E-state index in [0.29, 0.717) is 5.92 Å². The Hall–Kier alpha value is -1.68. The second-order valence-electron chi connectivity index (χ2n) is 5.07. The number of aromatic nitrogens is 3. The smallest absolute Gasteiger partial charge is 0.0725 e. The van der Waals surface area contributed by atoms with E-state index in [9.17, 15) is 0 Å². The van der Waals surface area contributed by atoms with Crippen LogP contribution in [0, 0.1) is 0 Å². The quantitative estimate of drug-likeness (QED) is 0.803. The highest BCUT2D eigenvalue weighted by Gasteiger charge is 2.14. The zero-order valence-corrected chi connectivity index (χ0v) is 12.4. The minimum Gasteiger partial charge on any atom is -0.316 e. The van der Waals surface area contributed by atoms with E-state index >= 15 is 0 Å². The first-order chi connectivity index (χ1) is 9.85. The maximum absolute atomic E-state index is 4.18. The monoisotopic (exact) mass is 272 g/mol. The van der Waals surface area contributed by atoms with Crippen LogP contribution >= 0.6 is 0 Å². The Bertz CT molecular complexity index is 492. The topological polar surface area (TPSA) is 42.7 Å². The lowest BCUT2D eigenvalue weighted by Crippen LogP contribution is -2.23. The molecule has 108 valence electrons. The molecule has 20 heavy (non-hydrogen) atoms. The summed E-state index contributed by atoms with van der Waals surface area (Å²) in [6.07, 6.45) is 3.96. The van der Waals surface area contributed by atoms with Crippen LogP contribution in [0.15, 0.2) is 36.5 Å². The molecule has 1 unspecified atom stereocenters. The lowest BCUT2D eigenvalue weighted by Gasteiger charge is -2.18. The molecule has 0 bridgehead atoms. The third-order valence-electron chi connectivity index (χ3n) is 3.50. The minimum atomic E-state index is 0.463. The highest BCUT2D eigenvalue weighted by atomic mass is 15.4. The van der Waals surface area contributed by atoms with Crippen LogP contribution in [-0.4, -0.2) is 28.1 Å². The summed E-state index contributed by atoms with van der Waals surface area (Å²) >= 11 is 0. The Morgan fingerprint density at radius 3 is 2.70 bits per heavy atom. The molecule has 0 aliphatic carbocycles. The first-order valence-corrected chi connectivity index (χ1v) is 7.48. The zero-order chi connectivity index (χ0) is 14.2. The average Bonchev–Trinajstić information content (AvgIpc) is 2.92. The molecule has 0 saturated carbocycles. The molecule has 0 saturated heterocycles. The molecular weight excluding hydrogens is 248 g/mol. The Kier molecular flexibility index (Phi) is 5.74. The molecule has 4 nitrogen and oxygen atoms in total. The van der Waals surface area contributed by atoms with Gasteiger partial charge in [-0.2, -0.15) is 0 Å². The molecule has 1 atom stereocenters. The van der Waals surface area contributed by atoms with Gasteiger partial charge in [-0.15, -0.1) is 5.10 Å². The van der Waals surface area contributed by atoms with Crippen molar-refractivity contribution in [2.75, 3.05) is 13.1 Å². The number of hydrogen-bond donors (Lipinski definition) is 1. The van der Waals surface area contributed by atoms with Crippen LogP contribution in [0.4, 0.5) is 0 Å². The second-order valence-corrected chi connectivity index (χ2v) is 5.07. The van der Waals surface area contributed by atoms with Gasteiger partial charge >= 0.3 is 0 Å². The van der Waals surface area contributed by atoms with E-state index in [1.807, 2.05) is 10.9 Å². The van der Waals surface area contributed by atoms with E-state index < -0.39 is 0 Å². The summed E-state index contributed by atoms with van der Waals surface area (Å²) in [5, 5.41) is 11.7. The van der Waals surface area contributed by atoms with Gasteiger partial charge in [-0.1, -0.05) is 49.4 Å². The lowest BCUT2D eigenvalue weighted by atomic mass is 9.94. The summed E-state index contributed by atoms with van der Waals surface area (Å²) in [7, 11) is 0. The molecule has 0 amide bonds. The van der Waals surface area contributed by atoms with Crippen molar-refractivity contribution in [2.45, 2.75) is 39.2 Å². The molecular formula is C16H24N4. The van der Waals surface area contributed by atoms with Gasteiger partial charge in [-0.05, 0) is 24.9 Å². The maximum Gasteiger partial charge on any atom is 0.0725 e. The van der Waals surface area contributed by atoms with Crippen LogP contribution in [0.5, 0.6) is 0 Å². The number of benzene rings is 1. The standard InChI is InChI=1S/C16H24N4/c1-3-10-20-16(13-18-19-20)11-15(12-17-4-2)14-8-6-5-7-9-14/h5-9,13,15,17H,3-4,10-12H2,1-2H3. The number of nitrogens with one attached hydrogen (secondary N) is 1. The second kappa shape index (κ2) is 7.80. The van der Waals surface area contributed by atoms with Crippen molar-refractivity contribution in [3.8, 4) is 0 Å². The van der Waals surface area contributed by atoms with Gasteiger partial charge in [-0.25, -0.2) is 4.68 Å². The van der Waals surface area contributed by atoms with Crippen LogP contribution in [0.1, 0.15) is 37.4 Å². The van der Waals surface area contributed by atoms with Gasteiger partial charge < -0.3 is 5.32 Å². The summed E-state index contributed by atoms with van der Waals surface area (Å²) in [6, 6.07) is 10.7. The van der Waals surface area contributed by atoms with Crippen molar-refractivity contribution in [3.63, 3.8) is 0 Å². The van der Waals surface area contributed by atoms with Crippen molar-refractivity contribution in [3.05, 3.63) is 47.8 Å². The molecule has 1 aromatic heterocycles. The van der Waals surface area contributed by atoms with Crippen molar-refractivity contribution < 1.29 is 0 Å². The minimum absolute atomic E-state index is 0.463. The van der Waals surface area contributed by atoms with E-state index in [2.05, 4.69) is 59.8 Å². The van der Waals surface area contributed by atoms with E-state index in [1.54, 1.807) is 0 Å². The van der Waals surface area contributed by atoms with Gasteiger partial charge in [0.2, 0.25) is 0 Å². The number of aryl methyl sites for hydroxylation is 1. The molecule has 2 rings (SSSR count). The molecule has 4 heteroatoms. The van der Waals surface area contributed by atoms with Crippen molar-refractivity contribution in [1.82, 2.24) is 20.3 Å². The third-order valence-corrected chi connectivity index (χ3v) is 3.50. The molecule has 2 aromatic rings. The summed E-state index contributed by atoms with van der Waals surface area (Å²) in [5.74, 6) is 0.463. The Morgan fingerprint density at radius 1 is 1.20 bits per heavy atom. The Balaban J connectivity index is 2.13. The first kappa shape index (κ1) is 14.7. The fourth-order valence-electron chi connectivity index (χ4n) is 2.44. The zero-order valence-electron chi connectivity index (χ0n) is 12.4. The maximum atomic E-state index is 4.18. The molecule has 1 aromatic carbocycles. The number of likely N-dealkylation sites (N-methyl/N-ethyl adjacent to an activating group) is 1. The van der Waals surface area contributed by atoms with Crippen LogP contribution in [0.25, 0.3) is 0 Å². The van der Waals surface area contributed by atoms with Crippen molar-refractivity contribution in [2.24, 2.45) is 0 Å². The lowest BCUT2D eigenvalue weighted by molar-refractivity contribution is 0.524. The summed E-state index contributed by atoms with van der Waals surface area (Å²) in [6.45, 7) is 7.23. The SMILES string of the molecule is CCCn1nncc1CC(CNCC)c1ccccc1. The number of hydrogen-bond acceptors (Lipinski definition) is 3. The van der Waals surface area contributed by atoms with Gasteiger partial charge in [-0.3, -0.25) is 0 Å². The summed E-state index contributed by atoms with van der Waals surface area (Å²) in [4.78, 5) is 0. The number of nitrogens with zero attached hydrogens (tertiary/aromatic N) is 3. The predicted octanol–water partition coefficient (Wildman–Crippen LogP) is 2.62. The van der Waals surface area contributed by atoms with Crippen LogP contribution in [0.3, 0.4) is 0 Å². The molecule has 0 fully saturated rings. The van der Waals surface area contributed by atoms with Gasteiger partial charge in [0.15, 0.2) is 0 Å². The third kappa shape index (κ3) is 3.90. The molecule has 0 spiro atoms. The highest BCUT2D eigenvalue weighted by Crippen LogP contribution is 2.20. The van der Waals surface area contributed by atoms with Gasteiger partial charge in [0.1, 0.15) is 0 Å². The van der Waals surface area contributed by atoms with E-state index in [4.69, 9.17) is 0 Å². The first-order valence-electron chi connectivity index (χ1n) is 7.48. The van der Waals surface area contributed by atoms with Crippen LogP contribution in [-0.2, 0) is 13.0 Å².